The molecule has 0 saturated carbocycles. The molecule has 0 atom stereocenters. The van der Waals surface area contributed by atoms with Crippen molar-refractivity contribution >= 4 is 22.5 Å². The molecule has 0 aliphatic rings. The Morgan fingerprint density at radius 1 is 1.13 bits per heavy atom. The third-order valence-electron chi connectivity index (χ3n) is 2.10. The van der Waals surface area contributed by atoms with Crippen LogP contribution in [0.5, 0.6) is 5.88 Å². The third-order valence-corrected chi connectivity index (χ3v) is 2.37. The molecular formula is C12H12ClNO. The number of alkyl halides is 1. The summed E-state index contributed by atoms with van der Waals surface area (Å²) in [6, 6.07) is 11.9. The van der Waals surface area contributed by atoms with Gasteiger partial charge in [0.2, 0.25) is 5.88 Å². The summed E-state index contributed by atoms with van der Waals surface area (Å²) < 4.78 is 5.46. The highest BCUT2D eigenvalue weighted by molar-refractivity contribution is 6.17. The first kappa shape index (κ1) is 10.2. The number of aromatic nitrogens is 1. The summed E-state index contributed by atoms with van der Waals surface area (Å²) in [6.45, 7) is 0.620. The van der Waals surface area contributed by atoms with E-state index < -0.39 is 0 Å². The predicted molar refractivity (Wildman–Crippen MR) is 62.6 cm³/mol. The van der Waals surface area contributed by atoms with Crippen LogP contribution in [-0.4, -0.2) is 17.5 Å². The molecule has 0 unspecified atom stereocenters. The van der Waals surface area contributed by atoms with Gasteiger partial charge in [0.05, 0.1) is 12.1 Å². The number of hydrogen-bond donors (Lipinski definition) is 0. The average molecular weight is 222 g/mol. The van der Waals surface area contributed by atoms with Crippen molar-refractivity contribution < 1.29 is 4.74 Å². The Kier molecular flexibility index (Phi) is 3.41. The molecule has 1 aromatic carbocycles. The van der Waals surface area contributed by atoms with Crippen molar-refractivity contribution in [2.24, 2.45) is 0 Å². The van der Waals surface area contributed by atoms with Gasteiger partial charge in [-0.05, 0) is 18.6 Å². The van der Waals surface area contributed by atoms with Crippen LogP contribution in [0.3, 0.4) is 0 Å². The summed E-state index contributed by atoms with van der Waals surface area (Å²) in [6.07, 6.45) is 0.843. The SMILES string of the molecule is ClCCCOc1ccc2ccccc2n1. The largest absolute Gasteiger partial charge is 0.478 e. The van der Waals surface area contributed by atoms with Gasteiger partial charge >= 0.3 is 0 Å². The van der Waals surface area contributed by atoms with E-state index in [1.807, 2.05) is 36.4 Å². The summed E-state index contributed by atoms with van der Waals surface area (Å²) in [5.74, 6) is 1.28. The van der Waals surface area contributed by atoms with E-state index in [0.717, 1.165) is 17.3 Å². The van der Waals surface area contributed by atoms with Gasteiger partial charge in [-0.1, -0.05) is 18.2 Å². The molecule has 0 fully saturated rings. The molecule has 0 saturated heterocycles. The second-order valence-electron chi connectivity index (χ2n) is 3.23. The number of pyridine rings is 1. The van der Waals surface area contributed by atoms with E-state index >= 15 is 0 Å². The van der Waals surface area contributed by atoms with Gasteiger partial charge in [0.25, 0.3) is 0 Å². The zero-order valence-electron chi connectivity index (χ0n) is 8.32. The van der Waals surface area contributed by atoms with E-state index in [4.69, 9.17) is 16.3 Å². The maximum absolute atomic E-state index is 5.56. The normalized spacial score (nSPS) is 10.5. The van der Waals surface area contributed by atoms with Crippen LogP contribution in [-0.2, 0) is 0 Å². The maximum atomic E-state index is 5.56. The van der Waals surface area contributed by atoms with E-state index in [0.29, 0.717) is 18.4 Å². The van der Waals surface area contributed by atoms with Gasteiger partial charge < -0.3 is 4.74 Å². The molecule has 0 spiro atoms. The van der Waals surface area contributed by atoms with E-state index in [1.54, 1.807) is 0 Å². The molecule has 78 valence electrons. The molecule has 0 bridgehead atoms. The summed E-state index contributed by atoms with van der Waals surface area (Å²) in [7, 11) is 0. The number of para-hydroxylation sites is 1. The Labute approximate surface area is 93.8 Å². The first-order valence-electron chi connectivity index (χ1n) is 4.95. The van der Waals surface area contributed by atoms with Gasteiger partial charge in [0.15, 0.2) is 0 Å². The summed E-state index contributed by atoms with van der Waals surface area (Å²) >= 11 is 5.56. The Morgan fingerprint density at radius 3 is 2.87 bits per heavy atom. The molecule has 2 rings (SSSR count). The molecule has 0 aliphatic carbocycles. The molecule has 0 aliphatic heterocycles. The van der Waals surface area contributed by atoms with Crippen molar-refractivity contribution in [2.45, 2.75) is 6.42 Å². The maximum Gasteiger partial charge on any atom is 0.213 e. The number of hydrogen-bond acceptors (Lipinski definition) is 2. The van der Waals surface area contributed by atoms with Crippen LogP contribution in [0.4, 0.5) is 0 Å². The smallest absolute Gasteiger partial charge is 0.213 e. The molecule has 2 aromatic rings. The molecule has 1 aromatic heterocycles. The van der Waals surface area contributed by atoms with Gasteiger partial charge in [-0.15, -0.1) is 11.6 Å². The average Bonchev–Trinajstić information content (AvgIpc) is 2.29. The molecule has 0 N–H and O–H groups in total. The molecule has 15 heavy (non-hydrogen) atoms. The van der Waals surface area contributed by atoms with Crippen LogP contribution in [0.15, 0.2) is 36.4 Å². The minimum Gasteiger partial charge on any atom is -0.478 e. The number of fused-ring (bicyclic) bond motifs is 1. The highest BCUT2D eigenvalue weighted by atomic mass is 35.5. The minimum absolute atomic E-state index is 0.619. The van der Waals surface area contributed by atoms with Crippen molar-refractivity contribution in [3.05, 3.63) is 36.4 Å². The Morgan fingerprint density at radius 2 is 2.00 bits per heavy atom. The number of rotatable bonds is 4. The second kappa shape index (κ2) is 4.99. The lowest BCUT2D eigenvalue weighted by Crippen LogP contribution is -1.99. The zero-order valence-corrected chi connectivity index (χ0v) is 9.07. The van der Waals surface area contributed by atoms with Gasteiger partial charge in [0.1, 0.15) is 0 Å². The molecular weight excluding hydrogens is 210 g/mol. The van der Waals surface area contributed by atoms with E-state index in [9.17, 15) is 0 Å². The van der Waals surface area contributed by atoms with Crippen LogP contribution in [0.2, 0.25) is 0 Å². The number of halogens is 1. The van der Waals surface area contributed by atoms with E-state index in [-0.39, 0.29) is 0 Å². The molecule has 0 radical (unpaired) electrons. The number of benzene rings is 1. The van der Waals surface area contributed by atoms with Crippen molar-refractivity contribution in [3.8, 4) is 5.88 Å². The summed E-state index contributed by atoms with van der Waals surface area (Å²) in [4.78, 5) is 4.38. The van der Waals surface area contributed by atoms with Gasteiger partial charge in [-0.25, -0.2) is 4.98 Å². The van der Waals surface area contributed by atoms with E-state index in [2.05, 4.69) is 4.98 Å². The fourth-order valence-electron chi connectivity index (χ4n) is 1.36. The first-order valence-corrected chi connectivity index (χ1v) is 5.48. The van der Waals surface area contributed by atoms with Crippen LogP contribution >= 0.6 is 11.6 Å². The van der Waals surface area contributed by atoms with E-state index in [1.165, 1.54) is 0 Å². The van der Waals surface area contributed by atoms with Crippen molar-refractivity contribution in [1.29, 1.82) is 0 Å². The Bertz CT molecular complexity index is 444. The fourth-order valence-corrected chi connectivity index (χ4v) is 1.47. The standard InChI is InChI=1S/C12H12ClNO/c13-8-3-9-15-12-7-6-10-4-1-2-5-11(10)14-12/h1-2,4-7H,3,8-9H2. The zero-order chi connectivity index (χ0) is 10.5. The van der Waals surface area contributed by atoms with Gasteiger partial charge in [0, 0.05) is 17.3 Å². The lowest BCUT2D eigenvalue weighted by atomic mass is 10.2. The van der Waals surface area contributed by atoms with Crippen molar-refractivity contribution in [3.63, 3.8) is 0 Å². The van der Waals surface area contributed by atoms with Crippen molar-refractivity contribution in [1.82, 2.24) is 4.98 Å². The highest BCUT2D eigenvalue weighted by Crippen LogP contribution is 2.15. The van der Waals surface area contributed by atoms with Crippen molar-refractivity contribution in [2.75, 3.05) is 12.5 Å². The molecule has 0 amide bonds. The van der Waals surface area contributed by atoms with Gasteiger partial charge in [-0.2, -0.15) is 0 Å². The minimum atomic E-state index is 0.619. The Hall–Kier alpha value is -1.28. The molecule has 2 nitrogen and oxygen atoms in total. The number of nitrogens with zero attached hydrogens (tertiary/aromatic N) is 1. The van der Waals surface area contributed by atoms with Gasteiger partial charge in [-0.3, -0.25) is 0 Å². The summed E-state index contributed by atoms with van der Waals surface area (Å²) in [5.41, 5.74) is 0.959. The van der Waals surface area contributed by atoms with Crippen LogP contribution in [0.25, 0.3) is 10.9 Å². The lowest BCUT2D eigenvalue weighted by molar-refractivity contribution is 0.307. The molecule has 3 heteroatoms. The highest BCUT2D eigenvalue weighted by Gasteiger charge is 1.97. The second-order valence-corrected chi connectivity index (χ2v) is 3.61. The van der Waals surface area contributed by atoms with Crippen LogP contribution in [0, 0.1) is 0 Å². The topological polar surface area (TPSA) is 22.1 Å². The van der Waals surface area contributed by atoms with Crippen LogP contribution in [0.1, 0.15) is 6.42 Å². The monoisotopic (exact) mass is 221 g/mol. The summed E-state index contributed by atoms with van der Waals surface area (Å²) in [5, 5.41) is 1.13. The number of ether oxygens (including phenoxy) is 1. The third kappa shape index (κ3) is 2.60. The first-order chi connectivity index (χ1) is 7.40. The quantitative estimate of drug-likeness (QED) is 0.584. The lowest BCUT2D eigenvalue weighted by Gasteiger charge is -2.04. The fraction of sp³-hybridized carbons (Fsp3) is 0.250. The predicted octanol–water partition coefficient (Wildman–Crippen LogP) is 3.24. The van der Waals surface area contributed by atoms with Crippen LogP contribution < -0.4 is 4.74 Å². The Balaban J connectivity index is 2.16. The molecule has 1 heterocycles.